The van der Waals surface area contributed by atoms with Gasteiger partial charge in [-0.15, -0.1) is 0 Å². The van der Waals surface area contributed by atoms with Crippen molar-refractivity contribution in [2.75, 3.05) is 19.8 Å². The first-order valence-corrected chi connectivity index (χ1v) is 7.55. The molecule has 0 radical (unpaired) electrons. The normalized spacial score (nSPS) is 18.0. The summed E-state index contributed by atoms with van der Waals surface area (Å²) in [5.41, 5.74) is 0.907. The van der Waals surface area contributed by atoms with Crippen molar-refractivity contribution in [2.24, 2.45) is 0 Å². The fourth-order valence-electron chi connectivity index (χ4n) is 2.66. The van der Waals surface area contributed by atoms with Crippen LogP contribution in [-0.4, -0.2) is 47.5 Å². The third kappa shape index (κ3) is 3.48. The van der Waals surface area contributed by atoms with E-state index in [9.17, 15) is 9.59 Å². The Morgan fingerprint density at radius 3 is 2.78 bits per heavy atom. The molecule has 0 N–H and O–H groups in total. The maximum absolute atomic E-state index is 12.6. The zero-order valence-corrected chi connectivity index (χ0v) is 12.9. The number of amides is 1. The molecule has 6 nitrogen and oxygen atoms in total. The zero-order chi connectivity index (χ0) is 16.2. The van der Waals surface area contributed by atoms with Crippen LogP contribution in [0, 0.1) is 6.92 Å². The Morgan fingerprint density at radius 1 is 1.30 bits per heavy atom. The predicted octanol–water partition coefficient (Wildman–Crippen LogP) is 2.10. The number of aryl methyl sites for hydroxylation is 1. The molecule has 0 aliphatic carbocycles. The standard InChI is InChI=1S/C17H18N2O4/c1-12-9-15(18-23-12)17(21)19-7-8-22-11-14(19)10-16(20)13-5-3-2-4-6-13/h2-6,9,14H,7-8,10-11H2,1H3. The topological polar surface area (TPSA) is 72.6 Å². The number of ketones is 1. The summed E-state index contributed by atoms with van der Waals surface area (Å²) in [6.45, 7) is 2.98. The van der Waals surface area contributed by atoms with Crippen LogP contribution < -0.4 is 0 Å². The first-order chi connectivity index (χ1) is 11.1. The number of nitrogens with zero attached hydrogens (tertiary/aromatic N) is 2. The molecule has 1 aliphatic heterocycles. The second-order valence-corrected chi connectivity index (χ2v) is 5.54. The number of aromatic nitrogens is 1. The molecule has 2 heterocycles. The van der Waals surface area contributed by atoms with Gasteiger partial charge in [-0.3, -0.25) is 9.59 Å². The highest BCUT2D eigenvalue weighted by molar-refractivity contribution is 5.97. The van der Waals surface area contributed by atoms with E-state index in [0.717, 1.165) is 0 Å². The molecule has 1 atom stereocenters. The smallest absolute Gasteiger partial charge is 0.276 e. The highest BCUT2D eigenvalue weighted by Gasteiger charge is 2.31. The van der Waals surface area contributed by atoms with Crippen molar-refractivity contribution in [2.45, 2.75) is 19.4 Å². The Hall–Kier alpha value is -2.47. The Balaban J connectivity index is 1.74. The molecular weight excluding hydrogens is 296 g/mol. The van der Waals surface area contributed by atoms with Gasteiger partial charge in [-0.25, -0.2) is 0 Å². The summed E-state index contributed by atoms with van der Waals surface area (Å²) in [6, 6.07) is 10.4. The SMILES string of the molecule is Cc1cc(C(=O)N2CCOCC2CC(=O)c2ccccc2)no1. The Bertz CT molecular complexity index is 696. The van der Waals surface area contributed by atoms with E-state index < -0.39 is 0 Å². The van der Waals surface area contributed by atoms with Crippen molar-refractivity contribution < 1.29 is 18.8 Å². The van der Waals surface area contributed by atoms with Gasteiger partial charge in [0.15, 0.2) is 11.5 Å². The molecule has 1 fully saturated rings. The fourth-order valence-corrected chi connectivity index (χ4v) is 2.66. The summed E-state index contributed by atoms with van der Waals surface area (Å²) in [4.78, 5) is 26.6. The van der Waals surface area contributed by atoms with Crippen LogP contribution in [0.3, 0.4) is 0 Å². The summed E-state index contributed by atoms with van der Waals surface area (Å²) in [7, 11) is 0. The van der Waals surface area contributed by atoms with E-state index in [1.165, 1.54) is 0 Å². The summed E-state index contributed by atoms with van der Waals surface area (Å²) < 4.78 is 10.4. The summed E-state index contributed by atoms with van der Waals surface area (Å²) >= 11 is 0. The number of morpholine rings is 1. The fraction of sp³-hybridized carbons (Fsp3) is 0.353. The molecule has 3 rings (SSSR count). The number of carbonyl (C=O) groups excluding carboxylic acids is 2. The number of ether oxygens (including phenoxy) is 1. The predicted molar refractivity (Wildman–Crippen MR) is 82.3 cm³/mol. The number of benzene rings is 1. The minimum Gasteiger partial charge on any atom is -0.377 e. The molecule has 1 saturated heterocycles. The molecule has 6 heteroatoms. The lowest BCUT2D eigenvalue weighted by Crippen LogP contribution is -2.49. The molecule has 1 aromatic carbocycles. The number of Topliss-reactive ketones (excluding diaryl/α,β-unsaturated/α-hetero) is 1. The Kier molecular flexibility index (Phi) is 4.52. The van der Waals surface area contributed by atoms with Crippen molar-refractivity contribution in [3.05, 3.63) is 53.4 Å². The lowest BCUT2D eigenvalue weighted by atomic mass is 10.0. The average molecular weight is 314 g/mol. The molecule has 1 aliphatic rings. The maximum atomic E-state index is 12.6. The van der Waals surface area contributed by atoms with Crippen molar-refractivity contribution in [3.63, 3.8) is 0 Å². The maximum Gasteiger partial charge on any atom is 0.276 e. The molecule has 1 unspecified atom stereocenters. The van der Waals surface area contributed by atoms with Crippen LogP contribution in [0.2, 0.25) is 0 Å². The third-order valence-corrected chi connectivity index (χ3v) is 3.85. The van der Waals surface area contributed by atoms with E-state index in [2.05, 4.69) is 5.16 Å². The molecule has 1 amide bonds. The van der Waals surface area contributed by atoms with E-state index >= 15 is 0 Å². The van der Waals surface area contributed by atoms with Gasteiger partial charge in [0.2, 0.25) is 0 Å². The quantitative estimate of drug-likeness (QED) is 0.808. The van der Waals surface area contributed by atoms with Crippen LogP contribution in [0.25, 0.3) is 0 Å². The highest BCUT2D eigenvalue weighted by Crippen LogP contribution is 2.17. The van der Waals surface area contributed by atoms with Gasteiger partial charge in [0.1, 0.15) is 5.76 Å². The van der Waals surface area contributed by atoms with Gasteiger partial charge in [-0.05, 0) is 6.92 Å². The Labute approximate surface area is 134 Å². The second kappa shape index (κ2) is 6.75. The van der Waals surface area contributed by atoms with Crippen molar-refractivity contribution in [3.8, 4) is 0 Å². The van der Waals surface area contributed by atoms with Gasteiger partial charge >= 0.3 is 0 Å². The van der Waals surface area contributed by atoms with Crippen molar-refractivity contribution in [1.29, 1.82) is 0 Å². The zero-order valence-electron chi connectivity index (χ0n) is 12.9. The molecule has 23 heavy (non-hydrogen) atoms. The molecule has 2 aromatic rings. The molecule has 0 spiro atoms. The first-order valence-electron chi connectivity index (χ1n) is 7.55. The lowest BCUT2D eigenvalue weighted by Gasteiger charge is -2.34. The van der Waals surface area contributed by atoms with E-state index in [-0.39, 0.29) is 29.8 Å². The van der Waals surface area contributed by atoms with Gasteiger partial charge in [-0.1, -0.05) is 35.5 Å². The van der Waals surface area contributed by atoms with Crippen LogP contribution in [0.1, 0.15) is 33.0 Å². The Morgan fingerprint density at radius 2 is 2.09 bits per heavy atom. The van der Waals surface area contributed by atoms with Gasteiger partial charge in [-0.2, -0.15) is 0 Å². The molecule has 0 bridgehead atoms. The molecular formula is C17H18N2O4. The third-order valence-electron chi connectivity index (χ3n) is 3.85. The summed E-state index contributed by atoms with van der Waals surface area (Å²) in [6.07, 6.45) is 0.229. The number of hydrogen-bond donors (Lipinski definition) is 0. The first kappa shape index (κ1) is 15.4. The van der Waals surface area contributed by atoms with E-state index in [1.807, 2.05) is 18.2 Å². The average Bonchev–Trinajstić information content (AvgIpc) is 3.02. The lowest BCUT2D eigenvalue weighted by molar-refractivity contribution is -0.00329. The highest BCUT2D eigenvalue weighted by atomic mass is 16.5. The summed E-state index contributed by atoms with van der Waals surface area (Å²) in [5, 5.41) is 3.77. The number of carbonyl (C=O) groups is 2. The molecule has 0 saturated carbocycles. The largest absolute Gasteiger partial charge is 0.377 e. The van der Waals surface area contributed by atoms with E-state index in [1.54, 1.807) is 30.0 Å². The van der Waals surface area contributed by atoms with Gasteiger partial charge in [0.05, 0.1) is 19.3 Å². The number of rotatable bonds is 4. The second-order valence-electron chi connectivity index (χ2n) is 5.54. The minimum atomic E-state index is -0.291. The van der Waals surface area contributed by atoms with Crippen LogP contribution in [0.4, 0.5) is 0 Å². The van der Waals surface area contributed by atoms with Gasteiger partial charge in [0, 0.05) is 24.6 Å². The van der Waals surface area contributed by atoms with Gasteiger partial charge < -0.3 is 14.2 Å². The molecule has 1 aromatic heterocycles. The van der Waals surface area contributed by atoms with Crippen LogP contribution in [0.15, 0.2) is 40.9 Å². The van der Waals surface area contributed by atoms with E-state index in [0.29, 0.717) is 31.1 Å². The monoisotopic (exact) mass is 314 g/mol. The van der Waals surface area contributed by atoms with Crippen LogP contribution in [0.5, 0.6) is 0 Å². The minimum absolute atomic E-state index is 0.00441. The van der Waals surface area contributed by atoms with Crippen LogP contribution in [-0.2, 0) is 4.74 Å². The summed E-state index contributed by atoms with van der Waals surface area (Å²) in [5.74, 6) is 0.352. The van der Waals surface area contributed by atoms with Crippen LogP contribution >= 0.6 is 0 Å². The number of hydrogen-bond acceptors (Lipinski definition) is 5. The van der Waals surface area contributed by atoms with Crippen molar-refractivity contribution >= 4 is 11.7 Å². The molecule has 120 valence electrons. The van der Waals surface area contributed by atoms with E-state index in [4.69, 9.17) is 9.26 Å². The van der Waals surface area contributed by atoms with Gasteiger partial charge in [0.25, 0.3) is 5.91 Å². The van der Waals surface area contributed by atoms with Crippen molar-refractivity contribution in [1.82, 2.24) is 10.1 Å².